The minimum atomic E-state index is -0.378. The Labute approximate surface area is 177 Å². The van der Waals surface area contributed by atoms with Crippen molar-refractivity contribution in [2.45, 2.75) is 19.9 Å². The normalized spacial score (nSPS) is 10.8. The van der Waals surface area contributed by atoms with Crippen molar-refractivity contribution in [3.8, 4) is 5.75 Å². The first kappa shape index (κ1) is 25.4. The Kier molecular flexibility index (Phi) is 13.6. The van der Waals surface area contributed by atoms with Crippen LogP contribution >= 0.6 is 24.0 Å². The Balaban J connectivity index is 0.00000676. The van der Waals surface area contributed by atoms with E-state index in [9.17, 15) is 9.18 Å². The number of ether oxygens (including phenoxy) is 2. The lowest BCUT2D eigenvalue weighted by molar-refractivity contribution is -0.127. The van der Waals surface area contributed by atoms with Crippen molar-refractivity contribution < 1.29 is 18.7 Å². The fourth-order valence-corrected chi connectivity index (χ4v) is 2.02. The maximum Gasteiger partial charge on any atom is 0.241 e. The monoisotopic (exact) mass is 496 g/mol. The molecule has 0 atom stereocenters. The predicted octanol–water partition coefficient (Wildman–Crippen LogP) is 2.00. The van der Waals surface area contributed by atoms with E-state index in [1.54, 1.807) is 20.2 Å². The van der Waals surface area contributed by atoms with Crippen molar-refractivity contribution in [2.24, 2.45) is 4.99 Å². The summed E-state index contributed by atoms with van der Waals surface area (Å²) >= 11 is 0. The first-order valence-electron chi connectivity index (χ1n) is 8.59. The van der Waals surface area contributed by atoms with Crippen LogP contribution in [0.25, 0.3) is 0 Å². The van der Waals surface area contributed by atoms with Gasteiger partial charge < -0.3 is 25.0 Å². The number of halogens is 2. The van der Waals surface area contributed by atoms with Crippen molar-refractivity contribution in [2.75, 3.05) is 47.5 Å². The molecule has 0 aliphatic rings. The van der Waals surface area contributed by atoms with Gasteiger partial charge in [-0.3, -0.25) is 4.79 Å². The molecule has 0 aliphatic heterocycles. The zero-order valence-corrected chi connectivity index (χ0v) is 18.7. The van der Waals surface area contributed by atoms with Gasteiger partial charge in [0.05, 0.1) is 20.2 Å². The Bertz CT molecular complexity index is 600. The fraction of sp³-hybridized carbons (Fsp3) is 0.556. The second-order valence-electron chi connectivity index (χ2n) is 5.78. The number of benzene rings is 1. The number of nitrogens with zero attached hydrogens (tertiary/aromatic N) is 2. The largest absolute Gasteiger partial charge is 0.497 e. The molecule has 0 heterocycles. The lowest BCUT2D eigenvalue weighted by atomic mass is 10.2. The molecular formula is C18H30FIN4O3. The van der Waals surface area contributed by atoms with Gasteiger partial charge in [0, 0.05) is 39.9 Å². The third-order valence-electron chi connectivity index (χ3n) is 3.45. The molecule has 2 N–H and O–H groups in total. The van der Waals surface area contributed by atoms with Gasteiger partial charge in [-0.25, -0.2) is 9.38 Å². The maximum absolute atomic E-state index is 13.6. The molecule has 9 heteroatoms. The number of nitrogens with one attached hydrogen (secondary N) is 2. The Morgan fingerprint density at radius 3 is 2.63 bits per heavy atom. The average Bonchev–Trinajstić information content (AvgIpc) is 2.62. The van der Waals surface area contributed by atoms with Gasteiger partial charge in [0.15, 0.2) is 5.96 Å². The van der Waals surface area contributed by atoms with E-state index in [4.69, 9.17) is 9.47 Å². The highest BCUT2D eigenvalue weighted by atomic mass is 127. The van der Waals surface area contributed by atoms with Gasteiger partial charge in [0.25, 0.3) is 0 Å². The van der Waals surface area contributed by atoms with Gasteiger partial charge in [0.2, 0.25) is 5.91 Å². The highest BCUT2D eigenvalue weighted by Crippen LogP contribution is 2.16. The fourth-order valence-electron chi connectivity index (χ4n) is 2.02. The molecule has 1 rings (SSSR count). The first-order chi connectivity index (χ1) is 12.5. The molecule has 0 bridgehead atoms. The van der Waals surface area contributed by atoms with Crippen LogP contribution in [0.5, 0.6) is 5.75 Å². The summed E-state index contributed by atoms with van der Waals surface area (Å²) in [7, 11) is 4.87. The molecular weight excluding hydrogens is 466 g/mol. The van der Waals surface area contributed by atoms with E-state index >= 15 is 0 Å². The van der Waals surface area contributed by atoms with E-state index in [-0.39, 0.29) is 48.8 Å². The summed E-state index contributed by atoms with van der Waals surface area (Å²) in [6.45, 7) is 4.30. The third kappa shape index (κ3) is 11.0. The Morgan fingerprint density at radius 1 is 1.26 bits per heavy atom. The lowest BCUT2D eigenvalue weighted by Crippen LogP contribution is -2.43. The van der Waals surface area contributed by atoms with Crippen LogP contribution < -0.4 is 15.4 Å². The topological polar surface area (TPSA) is 75.2 Å². The van der Waals surface area contributed by atoms with Crippen LogP contribution in [0.4, 0.5) is 4.39 Å². The number of guanidine groups is 1. The maximum atomic E-state index is 13.6. The number of hydrogen-bond donors (Lipinski definition) is 2. The summed E-state index contributed by atoms with van der Waals surface area (Å²) in [5.41, 5.74) is 0.677. The molecule has 0 unspecified atom stereocenters. The molecule has 1 amide bonds. The number of carbonyl (C=O) groups excluding carboxylic acids is 1. The standard InChI is InChI=1S/C18H29FN4O3.HI/c1-5-26-8-6-7-20-18(22-13-17(24)23(2)3)21-12-14-9-15(19)11-16(10-14)25-4;/h9-11H,5-8,12-13H2,1-4H3,(H2,20,21,22);1H. The summed E-state index contributed by atoms with van der Waals surface area (Å²) in [6, 6.07) is 4.45. The molecule has 0 aliphatic carbocycles. The van der Waals surface area contributed by atoms with Crippen LogP contribution in [0, 0.1) is 5.82 Å². The Hall–Kier alpha value is -1.62. The van der Waals surface area contributed by atoms with E-state index in [1.807, 2.05) is 6.92 Å². The molecule has 0 radical (unpaired) electrons. The quantitative estimate of drug-likeness (QED) is 0.225. The zero-order chi connectivity index (χ0) is 19.4. The molecule has 0 aromatic heterocycles. The molecule has 0 saturated carbocycles. The third-order valence-corrected chi connectivity index (χ3v) is 3.45. The number of methoxy groups -OCH3 is 1. The van der Waals surface area contributed by atoms with Gasteiger partial charge in [-0.05, 0) is 31.0 Å². The van der Waals surface area contributed by atoms with Crippen molar-refractivity contribution in [3.63, 3.8) is 0 Å². The van der Waals surface area contributed by atoms with E-state index in [0.717, 1.165) is 6.42 Å². The van der Waals surface area contributed by atoms with Crippen LogP contribution in [0.2, 0.25) is 0 Å². The van der Waals surface area contributed by atoms with Gasteiger partial charge in [-0.15, -0.1) is 24.0 Å². The van der Waals surface area contributed by atoms with E-state index in [0.29, 0.717) is 37.0 Å². The van der Waals surface area contributed by atoms with Crippen LogP contribution in [-0.2, 0) is 16.1 Å². The number of hydrogen-bond acceptors (Lipinski definition) is 4. The highest BCUT2D eigenvalue weighted by Gasteiger charge is 2.06. The summed E-state index contributed by atoms with van der Waals surface area (Å²) in [6.07, 6.45) is 0.809. The van der Waals surface area contributed by atoms with E-state index in [1.165, 1.54) is 24.1 Å². The number of amides is 1. The molecule has 0 saturated heterocycles. The van der Waals surface area contributed by atoms with Gasteiger partial charge in [-0.2, -0.15) is 0 Å². The molecule has 1 aromatic rings. The van der Waals surface area contributed by atoms with E-state index in [2.05, 4.69) is 15.6 Å². The van der Waals surface area contributed by atoms with Crippen LogP contribution in [0.15, 0.2) is 23.2 Å². The predicted molar refractivity (Wildman–Crippen MR) is 115 cm³/mol. The number of rotatable bonds is 10. The van der Waals surface area contributed by atoms with Gasteiger partial charge >= 0.3 is 0 Å². The summed E-state index contributed by atoms with van der Waals surface area (Å²) in [5.74, 6) is 0.481. The zero-order valence-electron chi connectivity index (χ0n) is 16.4. The number of likely N-dealkylation sites (N-methyl/N-ethyl adjacent to an activating group) is 1. The van der Waals surface area contributed by atoms with Gasteiger partial charge in [-0.1, -0.05) is 0 Å². The molecule has 1 aromatic carbocycles. The Morgan fingerprint density at radius 2 is 2.00 bits per heavy atom. The highest BCUT2D eigenvalue weighted by molar-refractivity contribution is 14.0. The minimum absolute atomic E-state index is 0. The number of aliphatic imine (C=N–C) groups is 1. The van der Waals surface area contributed by atoms with Crippen molar-refractivity contribution in [3.05, 3.63) is 29.6 Å². The molecule has 7 nitrogen and oxygen atoms in total. The second kappa shape index (κ2) is 14.4. The molecule has 154 valence electrons. The molecule has 0 fully saturated rings. The van der Waals surface area contributed by atoms with Crippen molar-refractivity contribution >= 4 is 35.8 Å². The van der Waals surface area contributed by atoms with Crippen molar-refractivity contribution in [1.29, 1.82) is 0 Å². The van der Waals surface area contributed by atoms with Gasteiger partial charge in [0.1, 0.15) is 11.6 Å². The van der Waals surface area contributed by atoms with Crippen molar-refractivity contribution in [1.82, 2.24) is 15.5 Å². The van der Waals surface area contributed by atoms with E-state index < -0.39 is 0 Å². The van der Waals surface area contributed by atoms with Crippen LogP contribution in [0.3, 0.4) is 0 Å². The SMILES string of the molecule is CCOCCCNC(=NCc1cc(F)cc(OC)c1)NCC(=O)N(C)C.I. The average molecular weight is 496 g/mol. The summed E-state index contributed by atoms with van der Waals surface area (Å²) in [4.78, 5) is 17.7. The van der Waals surface area contributed by atoms with Crippen LogP contribution in [-0.4, -0.2) is 64.3 Å². The van der Waals surface area contributed by atoms with Crippen LogP contribution in [0.1, 0.15) is 18.9 Å². The lowest BCUT2D eigenvalue weighted by Gasteiger charge is -2.15. The molecule has 0 spiro atoms. The smallest absolute Gasteiger partial charge is 0.241 e. The minimum Gasteiger partial charge on any atom is -0.497 e. The first-order valence-corrected chi connectivity index (χ1v) is 8.59. The summed E-state index contributed by atoms with van der Waals surface area (Å²) in [5, 5.41) is 6.14. The second-order valence-corrected chi connectivity index (χ2v) is 5.78. The molecule has 27 heavy (non-hydrogen) atoms. The number of carbonyl (C=O) groups is 1. The summed E-state index contributed by atoms with van der Waals surface area (Å²) < 4.78 is 23.9.